The van der Waals surface area contributed by atoms with Crippen LogP contribution in [0.4, 0.5) is 14.6 Å². The summed E-state index contributed by atoms with van der Waals surface area (Å²) in [7, 11) is 1.51. The molecular formula is C28H29ClF2N4O4S. The van der Waals surface area contributed by atoms with Gasteiger partial charge in [-0.25, -0.2) is 13.6 Å². The van der Waals surface area contributed by atoms with Gasteiger partial charge in [0.05, 0.1) is 23.2 Å². The van der Waals surface area contributed by atoms with Crippen molar-refractivity contribution < 1.29 is 23.0 Å². The second-order valence-electron chi connectivity index (χ2n) is 9.97. The van der Waals surface area contributed by atoms with E-state index >= 15 is 4.39 Å². The van der Waals surface area contributed by atoms with Gasteiger partial charge in [0.1, 0.15) is 24.2 Å². The molecule has 8 nitrogen and oxygen atoms in total. The molecule has 0 aliphatic carbocycles. The molecule has 3 atom stereocenters. The predicted molar refractivity (Wildman–Crippen MR) is 152 cm³/mol. The highest BCUT2D eigenvalue weighted by Gasteiger charge is 2.35. The lowest BCUT2D eigenvalue weighted by Crippen LogP contribution is -2.58. The fourth-order valence-corrected chi connectivity index (χ4v) is 7.23. The zero-order valence-electron chi connectivity index (χ0n) is 22.3. The van der Waals surface area contributed by atoms with Crippen molar-refractivity contribution in [2.75, 3.05) is 37.6 Å². The van der Waals surface area contributed by atoms with Crippen molar-refractivity contribution in [1.29, 1.82) is 0 Å². The Morgan fingerprint density at radius 2 is 1.95 bits per heavy atom. The maximum absolute atomic E-state index is 15.1. The van der Waals surface area contributed by atoms with Crippen molar-refractivity contribution in [3.8, 4) is 11.1 Å². The highest BCUT2D eigenvalue weighted by molar-refractivity contribution is 7.99. The van der Waals surface area contributed by atoms with Gasteiger partial charge in [0.25, 0.3) is 0 Å². The molecule has 1 amide bonds. The van der Waals surface area contributed by atoms with Gasteiger partial charge >= 0.3 is 5.69 Å². The van der Waals surface area contributed by atoms with E-state index in [-0.39, 0.29) is 41.9 Å². The third-order valence-corrected chi connectivity index (χ3v) is 8.74. The first-order chi connectivity index (χ1) is 19.1. The molecule has 0 bridgehead atoms. The number of piperazine rings is 1. The fourth-order valence-electron chi connectivity index (χ4n) is 5.59. The molecule has 2 aliphatic heterocycles. The van der Waals surface area contributed by atoms with Gasteiger partial charge in [-0.2, -0.15) is 4.98 Å². The normalized spacial score (nSPS) is 21.0. The van der Waals surface area contributed by atoms with Crippen molar-refractivity contribution >= 4 is 46.0 Å². The Balaban J connectivity index is 1.72. The van der Waals surface area contributed by atoms with Crippen LogP contribution in [0.2, 0.25) is 5.02 Å². The highest BCUT2D eigenvalue weighted by atomic mass is 35.5. The van der Waals surface area contributed by atoms with E-state index in [0.29, 0.717) is 46.0 Å². The number of nitrogens with zero attached hydrogens (tertiary/aromatic N) is 4. The maximum atomic E-state index is 15.1. The number of carbonyl (C=O) groups excluding carboxylic acids is 1. The molecule has 1 fully saturated rings. The Bertz CT molecular complexity index is 1540. The van der Waals surface area contributed by atoms with Gasteiger partial charge in [-0.3, -0.25) is 9.36 Å². The van der Waals surface area contributed by atoms with Crippen LogP contribution in [-0.2, 0) is 20.8 Å². The third kappa shape index (κ3) is 5.11. The topological polar surface area (TPSA) is 76.9 Å². The number of carbonyl (C=O) groups is 1. The highest BCUT2D eigenvalue weighted by Crippen LogP contribution is 2.46. The van der Waals surface area contributed by atoms with Crippen molar-refractivity contribution in [2.45, 2.75) is 43.5 Å². The molecule has 0 N–H and O–H groups in total. The van der Waals surface area contributed by atoms with Gasteiger partial charge in [0.2, 0.25) is 5.91 Å². The molecule has 2 aliphatic rings. The van der Waals surface area contributed by atoms with Crippen LogP contribution in [0.5, 0.6) is 0 Å². The average molecular weight is 591 g/mol. The Morgan fingerprint density at radius 3 is 2.60 bits per heavy atom. The SMILES string of the molecule is C=CC(=O)N1[C@H](C)CN(c2nc(=O)n3c4c(c(-c5ccc(F)cc5F)c(Cl)cc24)SCC(OCOC)C3)C[C@@H]1C. The zero-order chi connectivity index (χ0) is 28.7. The molecule has 0 radical (unpaired) electrons. The monoisotopic (exact) mass is 590 g/mol. The number of amides is 1. The standard InChI is InChI=1S/C28H29ClF2N4O4S/c1-5-23(36)35-15(2)10-33(11-16(35)3)27-20-9-21(29)24(19-7-6-17(30)8-22(19)31)26-25(20)34(28(37)32-27)12-18(13-40-26)39-14-38-4/h5-9,15-16,18H,1,10-14H2,2-4H3/t15-,16+,18?. The molecule has 40 heavy (non-hydrogen) atoms. The molecule has 3 heterocycles. The smallest absolute Gasteiger partial charge is 0.350 e. The van der Waals surface area contributed by atoms with Crippen LogP contribution in [0.15, 0.2) is 46.6 Å². The second kappa shape index (κ2) is 11.5. The lowest BCUT2D eigenvalue weighted by atomic mass is 10.0. The van der Waals surface area contributed by atoms with Crippen LogP contribution in [0.3, 0.4) is 0 Å². The van der Waals surface area contributed by atoms with E-state index in [1.807, 2.05) is 18.7 Å². The van der Waals surface area contributed by atoms with Gasteiger partial charge in [0, 0.05) is 65.5 Å². The number of ether oxygens (including phenoxy) is 2. The van der Waals surface area contributed by atoms with Crippen LogP contribution in [-0.4, -0.2) is 71.3 Å². The number of aromatic nitrogens is 2. The summed E-state index contributed by atoms with van der Waals surface area (Å²) in [6, 6.07) is 4.68. The summed E-state index contributed by atoms with van der Waals surface area (Å²) in [4.78, 5) is 34.9. The minimum absolute atomic E-state index is 0.0364. The zero-order valence-corrected chi connectivity index (χ0v) is 23.9. The molecule has 2 aromatic carbocycles. The Morgan fingerprint density at radius 1 is 1.23 bits per heavy atom. The minimum Gasteiger partial charge on any atom is -0.359 e. The molecule has 12 heteroatoms. The molecule has 0 spiro atoms. The summed E-state index contributed by atoms with van der Waals surface area (Å²) in [5.41, 5.74) is 0.562. The molecule has 1 saturated heterocycles. The summed E-state index contributed by atoms with van der Waals surface area (Å²) < 4.78 is 41.3. The number of hydrogen-bond donors (Lipinski definition) is 0. The van der Waals surface area contributed by atoms with Gasteiger partial charge in [-0.1, -0.05) is 18.2 Å². The van der Waals surface area contributed by atoms with E-state index in [1.165, 1.54) is 41.6 Å². The van der Waals surface area contributed by atoms with Crippen molar-refractivity contribution in [3.63, 3.8) is 0 Å². The molecular weight excluding hydrogens is 562 g/mol. The summed E-state index contributed by atoms with van der Waals surface area (Å²) >= 11 is 8.24. The van der Waals surface area contributed by atoms with Gasteiger partial charge in [-0.15, -0.1) is 11.8 Å². The van der Waals surface area contributed by atoms with Crippen LogP contribution in [0.1, 0.15) is 13.8 Å². The lowest BCUT2D eigenvalue weighted by Gasteiger charge is -2.44. The second-order valence-corrected chi connectivity index (χ2v) is 11.4. The number of methoxy groups -OCH3 is 1. The van der Waals surface area contributed by atoms with Crippen molar-refractivity contribution in [1.82, 2.24) is 14.5 Å². The summed E-state index contributed by atoms with van der Waals surface area (Å²) in [5.74, 6) is -0.754. The largest absolute Gasteiger partial charge is 0.359 e. The predicted octanol–water partition coefficient (Wildman–Crippen LogP) is 4.70. The van der Waals surface area contributed by atoms with Gasteiger partial charge in [-0.05, 0) is 38.1 Å². The summed E-state index contributed by atoms with van der Waals surface area (Å²) in [5, 5.41) is 0.861. The molecule has 5 rings (SSSR count). The van der Waals surface area contributed by atoms with E-state index in [4.69, 9.17) is 21.1 Å². The molecule has 1 aromatic heterocycles. The number of hydrogen-bond acceptors (Lipinski definition) is 7. The summed E-state index contributed by atoms with van der Waals surface area (Å²) in [6.07, 6.45) is 0.901. The van der Waals surface area contributed by atoms with Crippen molar-refractivity contribution in [2.24, 2.45) is 0 Å². The quantitative estimate of drug-likeness (QED) is 0.304. The number of halogens is 3. The minimum atomic E-state index is -0.761. The molecule has 1 unspecified atom stereocenters. The van der Waals surface area contributed by atoms with Gasteiger partial charge in [0.15, 0.2) is 0 Å². The fraction of sp³-hybridized carbons (Fsp3) is 0.393. The number of benzene rings is 2. The number of anilines is 1. The number of thioether (sulfide) groups is 1. The molecule has 212 valence electrons. The first-order valence-corrected chi connectivity index (χ1v) is 14.2. The Labute approximate surface area is 239 Å². The van der Waals surface area contributed by atoms with Gasteiger partial charge < -0.3 is 19.3 Å². The first kappa shape index (κ1) is 28.5. The maximum Gasteiger partial charge on any atom is 0.350 e. The molecule has 0 saturated carbocycles. The van der Waals surface area contributed by atoms with Crippen LogP contribution in [0.25, 0.3) is 22.0 Å². The Kier molecular flexibility index (Phi) is 8.19. The van der Waals surface area contributed by atoms with Crippen LogP contribution < -0.4 is 10.6 Å². The third-order valence-electron chi connectivity index (χ3n) is 7.22. The first-order valence-electron chi connectivity index (χ1n) is 12.8. The van der Waals surface area contributed by atoms with E-state index in [1.54, 1.807) is 11.0 Å². The number of rotatable bonds is 6. The Hall–Kier alpha value is -2.99. The van der Waals surface area contributed by atoms with Crippen LogP contribution in [0, 0.1) is 11.6 Å². The lowest BCUT2D eigenvalue weighted by molar-refractivity contribution is -0.130. The average Bonchev–Trinajstić information content (AvgIpc) is 3.10. The van der Waals surface area contributed by atoms with E-state index in [0.717, 1.165) is 6.07 Å². The van der Waals surface area contributed by atoms with E-state index < -0.39 is 23.4 Å². The summed E-state index contributed by atoms with van der Waals surface area (Å²) in [6.45, 7) is 8.59. The van der Waals surface area contributed by atoms with Crippen molar-refractivity contribution in [3.05, 3.63) is 64.1 Å². The molecule has 3 aromatic rings. The van der Waals surface area contributed by atoms with E-state index in [9.17, 15) is 14.0 Å². The van der Waals surface area contributed by atoms with E-state index in [2.05, 4.69) is 11.6 Å². The van der Waals surface area contributed by atoms with Crippen LogP contribution >= 0.6 is 23.4 Å².